The summed E-state index contributed by atoms with van der Waals surface area (Å²) < 4.78 is 31.3. The highest BCUT2D eigenvalue weighted by atomic mass is 32.2. The normalized spacial score (nSPS) is 16.4. The van der Waals surface area contributed by atoms with Crippen LogP contribution in [0.1, 0.15) is 62.6 Å². The van der Waals surface area contributed by atoms with Gasteiger partial charge in [-0.1, -0.05) is 68.5 Å². The van der Waals surface area contributed by atoms with Crippen LogP contribution in [-0.4, -0.2) is 25.6 Å². The molecule has 3 aromatic rings. The highest BCUT2D eigenvalue weighted by Gasteiger charge is 2.35. The molecule has 1 saturated carbocycles. The molecular formula is C27H32N2O4S. The maximum Gasteiger partial charge on any atom is 0.234 e. The second kappa shape index (κ2) is 10.6. The van der Waals surface area contributed by atoms with Crippen molar-refractivity contribution in [3.63, 3.8) is 0 Å². The lowest BCUT2D eigenvalue weighted by atomic mass is 9.69. The number of hydrogen-bond donors (Lipinski definition) is 1. The van der Waals surface area contributed by atoms with Crippen LogP contribution < -0.4 is 9.46 Å². The molecule has 2 aromatic carbocycles. The van der Waals surface area contributed by atoms with E-state index in [2.05, 4.69) is 9.71 Å². The number of benzene rings is 2. The molecule has 0 atom stereocenters. The molecule has 0 aliphatic heterocycles. The summed E-state index contributed by atoms with van der Waals surface area (Å²) in [6, 6.07) is 19.9. The Morgan fingerprint density at radius 1 is 0.941 bits per heavy atom. The van der Waals surface area contributed by atoms with E-state index in [1.165, 1.54) is 6.42 Å². The van der Waals surface area contributed by atoms with E-state index in [0.29, 0.717) is 6.61 Å². The van der Waals surface area contributed by atoms with Gasteiger partial charge in [-0.3, -0.25) is 9.52 Å². The van der Waals surface area contributed by atoms with Gasteiger partial charge < -0.3 is 4.74 Å². The Bertz CT molecular complexity index is 1230. The molecule has 1 amide bonds. The van der Waals surface area contributed by atoms with Crippen LogP contribution in [0, 0.1) is 0 Å². The summed E-state index contributed by atoms with van der Waals surface area (Å²) in [6.07, 6.45) is 8.45. The topological polar surface area (TPSA) is 85.4 Å². The highest BCUT2D eigenvalue weighted by Crippen LogP contribution is 2.41. The lowest BCUT2D eigenvalue weighted by Crippen LogP contribution is -2.37. The predicted octanol–water partition coefficient (Wildman–Crippen LogP) is 5.26. The summed E-state index contributed by atoms with van der Waals surface area (Å²) in [4.78, 5) is 17.3. The van der Waals surface area contributed by atoms with Crippen LogP contribution in [-0.2, 0) is 26.8 Å². The fourth-order valence-electron chi connectivity index (χ4n) is 4.95. The van der Waals surface area contributed by atoms with Crippen LogP contribution in [0.25, 0.3) is 10.9 Å². The first-order valence-electron chi connectivity index (χ1n) is 11.9. The Morgan fingerprint density at radius 2 is 1.62 bits per heavy atom. The zero-order chi connectivity index (χ0) is 24.0. The van der Waals surface area contributed by atoms with Crippen molar-refractivity contribution in [2.75, 3.05) is 6.26 Å². The van der Waals surface area contributed by atoms with E-state index in [4.69, 9.17) is 4.74 Å². The molecule has 0 radical (unpaired) electrons. The summed E-state index contributed by atoms with van der Waals surface area (Å²) in [5.74, 6) is 0.297. The minimum absolute atomic E-state index is 0.168. The predicted molar refractivity (Wildman–Crippen MR) is 134 cm³/mol. The van der Waals surface area contributed by atoms with E-state index in [1.807, 2.05) is 60.7 Å². The fourth-order valence-corrected chi connectivity index (χ4v) is 5.44. The Labute approximate surface area is 201 Å². The second-order valence-corrected chi connectivity index (χ2v) is 11.1. The van der Waals surface area contributed by atoms with Crippen LogP contribution in [0.5, 0.6) is 5.75 Å². The van der Waals surface area contributed by atoms with Gasteiger partial charge in [0.25, 0.3) is 0 Å². The van der Waals surface area contributed by atoms with Crippen LogP contribution in [0.3, 0.4) is 0 Å². The zero-order valence-electron chi connectivity index (χ0n) is 19.6. The van der Waals surface area contributed by atoms with Gasteiger partial charge in [0.05, 0.1) is 17.5 Å². The number of nitrogens with one attached hydrogen (secondary N) is 1. The van der Waals surface area contributed by atoms with E-state index in [0.717, 1.165) is 72.7 Å². The molecule has 0 bridgehead atoms. The molecule has 0 spiro atoms. The molecule has 7 heteroatoms. The van der Waals surface area contributed by atoms with E-state index >= 15 is 0 Å². The van der Waals surface area contributed by atoms with Gasteiger partial charge in [0.1, 0.15) is 12.4 Å². The third-order valence-electron chi connectivity index (χ3n) is 6.62. The molecule has 1 N–H and O–H groups in total. The molecule has 1 aliphatic rings. The van der Waals surface area contributed by atoms with Gasteiger partial charge in [0.15, 0.2) is 0 Å². The van der Waals surface area contributed by atoms with Gasteiger partial charge in [-0.25, -0.2) is 13.4 Å². The molecule has 6 nitrogen and oxygen atoms in total. The zero-order valence-corrected chi connectivity index (χ0v) is 20.4. The molecular weight excluding hydrogens is 448 g/mol. The number of carbonyl (C=O) groups is 1. The molecule has 34 heavy (non-hydrogen) atoms. The Balaban J connectivity index is 1.49. The number of amides is 1. The van der Waals surface area contributed by atoms with Crippen molar-refractivity contribution in [1.82, 2.24) is 9.71 Å². The van der Waals surface area contributed by atoms with Crippen molar-refractivity contribution in [3.05, 3.63) is 71.9 Å². The van der Waals surface area contributed by atoms with Crippen molar-refractivity contribution in [2.24, 2.45) is 0 Å². The quantitative estimate of drug-likeness (QED) is 0.498. The number of nitrogens with zero attached hydrogens (tertiary/aromatic N) is 1. The first-order chi connectivity index (χ1) is 16.3. The first kappa shape index (κ1) is 24.2. The van der Waals surface area contributed by atoms with E-state index in [9.17, 15) is 13.2 Å². The van der Waals surface area contributed by atoms with E-state index in [-0.39, 0.29) is 11.8 Å². The van der Waals surface area contributed by atoms with Crippen LogP contribution >= 0.6 is 0 Å². The van der Waals surface area contributed by atoms with Gasteiger partial charge in [0, 0.05) is 17.2 Å². The van der Waals surface area contributed by atoms with Crippen molar-refractivity contribution in [1.29, 1.82) is 0 Å². The molecule has 0 saturated heterocycles. The second-order valence-electron chi connectivity index (χ2n) is 9.33. The van der Waals surface area contributed by atoms with E-state index < -0.39 is 15.9 Å². The monoisotopic (exact) mass is 480 g/mol. The van der Waals surface area contributed by atoms with Gasteiger partial charge in [-0.05, 0) is 42.7 Å². The van der Waals surface area contributed by atoms with Crippen LogP contribution in [0.15, 0.2) is 60.7 Å². The molecule has 1 aliphatic carbocycles. The van der Waals surface area contributed by atoms with Crippen molar-refractivity contribution < 1.29 is 17.9 Å². The molecule has 1 heterocycles. The molecule has 4 rings (SSSR count). The third-order valence-corrected chi connectivity index (χ3v) is 7.22. The third kappa shape index (κ3) is 6.35. The number of hydrogen-bond acceptors (Lipinski definition) is 5. The molecule has 180 valence electrons. The Hall–Kier alpha value is -2.93. The standard InChI is InChI=1S/C27H32N2O4S/c1-34(31,32)29-26(30)19-27(17-7-3-2-4-8-18-27)22-12-15-24(16-13-22)33-20-23-14-11-21-9-5-6-10-25(21)28-23/h5-6,9-16H,2-4,7-8,17-20H2,1H3,(H,29,30). The fraction of sp³-hybridized carbons (Fsp3) is 0.407. The van der Waals surface area contributed by atoms with Crippen molar-refractivity contribution >= 4 is 26.8 Å². The maximum atomic E-state index is 12.6. The van der Waals surface area contributed by atoms with Gasteiger partial charge in [-0.2, -0.15) is 0 Å². The highest BCUT2D eigenvalue weighted by molar-refractivity contribution is 7.89. The summed E-state index contributed by atoms with van der Waals surface area (Å²) in [5.41, 5.74) is 2.50. The number of fused-ring (bicyclic) bond motifs is 1. The number of pyridine rings is 1. The number of aromatic nitrogens is 1. The van der Waals surface area contributed by atoms with Crippen LogP contribution in [0.2, 0.25) is 0 Å². The van der Waals surface area contributed by atoms with Crippen molar-refractivity contribution in [3.8, 4) is 5.75 Å². The number of sulfonamides is 1. The van der Waals surface area contributed by atoms with Crippen LogP contribution in [0.4, 0.5) is 0 Å². The summed E-state index contributed by atoms with van der Waals surface area (Å²) in [7, 11) is -3.58. The number of carbonyl (C=O) groups excluding carboxylic acids is 1. The minimum Gasteiger partial charge on any atom is -0.487 e. The average molecular weight is 481 g/mol. The molecule has 1 fully saturated rings. The minimum atomic E-state index is -3.58. The van der Waals surface area contributed by atoms with E-state index in [1.54, 1.807) is 0 Å². The number of ether oxygens (including phenoxy) is 1. The lowest BCUT2D eigenvalue weighted by Gasteiger charge is -2.35. The lowest BCUT2D eigenvalue weighted by molar-refractivity contribution is -0.120. The average Bonchev–Trinajstić information content (AvgIpc) is 2.78. The van der Waals surface area contributed by atoms with Gasteiger partial charge >= 0.3 is 0 Å². The Kier molecular flexibility index (Phi) is 7.51. The smallest absolute Gasteiger partial charge is 0.234 e. The van der Waals surface area contributed by atoms with Gasteiger partial charge in [0.2, 0.25) is 15.9 Å². The maximum absolute atomic E-state index is 12.6. The first-order valence-corrected chi connectivity index (χ1v) is 13.8. The largest absolute Gasteiger partial charge is 0.487 e. The number of para-hydroxylation sites is 1. The van der Waals surface area contributed by atoms with Gasteiger partial charge in [-0.15, -0.1) is 0 Å². The summed E-state index contributed by atoms with van der Waals surface area (Å²) >= 11 is 0. The molecule has 1 aromatic heterocycles. The van der Waals surface area contributed by atoms with Crippen molar-refractivity contribution in [2.45, 2.75) is 63.4 Å². The summed E-state index contributed by atoms with van der Waals surface area (Å²) in [6.45, 7) is 0.367. The molecule has 0 unspecified atom stereocenters. The number of rotatable bonds is 7. The Morgan fingerprint density at radius 3 is 2.32 bits per heavy atom. The SMILES string of the molecule is CS(=O)(=O)NC(=O)CC1(c2ccc(OCc3ccc4ccccc4n3)cc2)CCCCCCC1. The summed E-state index contributed by atoms with van der Waals surface area (Å²) in [5, 5.41) is 1.10.